The molecule has 24 heavy (non-hydrogen) atoms. The molecule has 10 heteroatoms. The Morgan fingerprint density at radius 1 is 1.17 bits per heavy atom. The summed E-state index contributed by atoms with van der Waals surface area (Å²) in [4.78, 5) is 35.2. The number of imide groups is 1. The predicted octanol–water partition coefficient (Wildman–Crippen LogP) is 0.153. The van der Waals surface area contributed by atoms with Crippen molar-refractivity contribution in [1.82, 2.24) is 5.01 Å². The summed E-state index contributed by atoms with van der Waals surface area (Å²) in [5.41, 5.74) is 2.92. The van der Waals surface area contributed by atoms with Crippen LogP contribution in [0.4, 0.5) is 5.69 Å². The second kappa shape index (κ2) is 6.06. The van der Waals surface area contributed by atoms with Crippen molar-refractivity contribution in [1.29, 1.82) is 0 Å². The van der Waals surface area contributed by atoms with Crippen LogP contribution >= 0.6 is 0 Å². The van der Waals surface area contributed by atoms with Crippen molar-refractivity contribution in [3.05, 3.63) is 34.9 Å². The van der Waals surface area contributed by atoms with E-state index in [4.69, 9.17) is 5.14 Å². The van der Waals surface area contributed by atoms with Crippen LogP contribution in [0.1, 0.15) is 24.2 Å². The van der Waals surface area contributed by atoms with Crippen LogP contribution in [0.5, 0.6) is 0 Å². The molecule has 0 unspecified atom stereocenters. The first-order valence-electron chi connectivity index (χ1n) is 6.66. The van der Waals surface area contributed by atoms with E-state index in [1.54, 1.807) is 0 Å². The number of sulfonamides is 1. The van der Waals surface area contributed by atoms with E-state index in [-0.39, 0.29) is 22.4 Å². The molecule has 1 aromatic carbocycles. The molecule has 1 aromatic rings. The monoisotopic (exact) mass is 353 g/mol. The molecule has 0 saturated carbocycles. The number of primary sulfonamides is 1. The second-order valence-corrected chi connectivity index (χ2v) is 6.58. The number of rotatable bonds is 4. The molecule has 0 fully saturated rings. The number of benzene rings is 1. The number of nitrogens with one attached hydrogen (secondary N) is 1. The summed E-state index contributed by atoms with van der Waals surface area (Å²) < 4.78 is 27.9. The highest BCUT2D eigenvalue weighted by molar-refractivity contribution is 7.89. The summed E-state index contributed by atoms with van der Waals surface area (Å²) in [5.74, 6) is -1.98. The average Bonchev–Trinajstić information content (AvgIpc) is 2.71. The molecule has 9 nitrogen and oxygen atoms in total. The normalized spacial score (nSPS) is 15.1. The smallest absolute Gasteiger partial charge is 0.339 e. The third-order valence-corrected chi connectivity index (χ3v) is 4.50. The van der Waals surface area contributed by atoms with Gasteiger partial charge in [-0.3, -0.25) is 15.0 Å². The van der Waals surface area contributed by atoms with Gasteiger partial charge in [-0.25, -0.2) is 18.4 Å². The molecule has 0 aliphatic carbocycles. The first-order valence-corrected chi connectivity index (χ1v) is 8.20. The van der Waals surface area contributed by atoms with E-state index in [1.807, 2.05) is 0 Å². The van der Waals surface area contributed by atoms with Crippen molar-refractivity contribution in [3.8, 4) is 0 Å². The average molecular weight is 353 g/mol. The molecule has 1 aliphatic rings. The number of carbonyl (C=O) groups is 3. The van der Waals surface area contributed by atoms with Crippen LogP contribution in [-0.2, 0) is 24.3 Å². The van der Waals surface area contributed by atoms with Gasteiger partial charge in [-0.15, -0.1) is 0 Å². The number of ether oxygens (including phenoxy) is 1. The molecule has 128 valence electrons. The SMILES string of the molecule is COC(=O)c1ccc(NN2C(=O)C(C)=C(C)C2=O)cc1S(N)(=O)=O. The molecule has 0 bridgehead atoms. The summed E-state index contributed by atoms with van der Waals surface area (Å²) in [7, 11) is -3.14. The molecule has 0 saturated heterocycles. The van der Waals surface area contributed by atoms with Gasteiger partial charge in [0.05, 0.1) is 23.3 Å². The van der Waals surface area contributed by atoms with Crippen LogP contribution in [0.25, 0.3) is 0 Å². The van der Waals surface area contributed by atoms with Crippen molar-refractivity contribution in [2.45, 2.75) is 18.7 Å². The first-order chi connectivity index (χ1) is 11.1. The van der Waals surface area contributed by atoms with Gasteiger partial charge >= 0.3 is 5.97 Å². The van der Waals surface area contributed by atoms with E-state index in [0.29, 0.717) is 0 Å². The Morgan fingerprint density at radius 2 is 1.71 bits per heavy atom. The van der Waals surface area contributed by atoms with Gasteiger partial charge in [-0.05, 0) is 32.0 Å². The van der Waals surface area contributed by atoms with Crippen LogP contribution in [0.2, 0.25) is 0 Å². The van der Waals surface area contributed by atoms with Gasteiger partial charge < -0.3 is 4.74 Å². The molecular formula is C14H15N3O6S. The molecule has 1 aliphatic heterocycles. The molecular weight excluding hydrogens is 338 g/mol. The number of methoxy groups -OCH3 is 1. The van der Waals surface area contributed by atoms with E-state index in [9.17, 15) is 22.8 Å². The number of amides is 2. The zero-order valence-corrected chi connectivity index (χ0v) is 13.9. The number of carbonyl (C=O) groups excluding carboxylic acids is 3. The van der Waals surface area contributed by atoms with Crippen molar-refractivity contribution >= 4 is 33.5 Å². The fraction of sp³-hybridized carbons (Fsp3) is 0.214. The lowest BCUT2D eigenvalue weighted by atomic mass is 10.2. The van der Waals surface area contributed by atoms with Gasteiger partial charge in [0, 0.05) is 11.1 Å². The van der Waals surface area contributed by atoms with E-state index < -0.39 is 32.7 Å². The molecule has 0 spiro atoms. The van der Waals surface area contributed by atoms with Crippen LogP contribution in [0.3, 0.4) is 0 Å². The topological polar surface area (TPSA) is 136 Å². The number of hydrogen-bond donors (Lipinski definition) is 2. The minimum Gasteiger partial charge on any atom is -0.465 e. The molecule has 2 rings (SSSR count). The maximum absolute atomic E-state index is 12.0. The summed E-state index contributed by atoms with van der Waals surface area (Å²) in [6.07, 6.45) is 0. The Kier molecular flexibility index (Phi) is 4.45. The highest BCUT2D eigenvalue weighted by Gasteiger charge is 2.34. The number of nitrogens with zero attached hydrogens (tertiary/aromatic N) is 1. The van der Waals surface area contributed by atoms with E-state index in [2.05, 4.69) is 10.2 Å². The number of hydrogen-bond acceptors (Lipinski definition) is 7. The second-order valence-electron chi connectivity index (χ2n) is 5.06. The molecule has 3 N–H and O–H groups in total. The van der Waals surface area contributed by atoms with Crippen LogP contribution in [0, 0.1) is 0 Å². The Hall–Kier alpha value is -2.72. The molecule has 0 radical (unpaired) electrons. The third-order valence-electron chi connectivity index (χ3n) is 3.54. The quantitative estimate of drug-likeness (QED) is 0.581. The Balaban J connectivity index is 2.43. The van der Waals surface area contributed by atoms with Crippen molar-refractivity contribution < 1.29 is 27.5 Å². The van der Waals surface area contributed by atoms with E-state index in [0.717, 1.165) is 18.2 Å². The lowest BCUT2D eigenvalue weighted by molar-refractivity contribution is -0.135. The fourth-order valence-corrected chi connectivity index (χ4v) is 2.83. The fourth-order valence-electron chi connectivity index (χ4n) is 2.08. The minimum atomic E-state index is -4.23. The lowest BCUT2D eigenvalue weighted by Crippen LogP contribution is -2.37. The number of hydrazine groups is 1. The van der Waals surface area contributed by atoms with E-state index >= 15 is 0 Å². The summed E-state index contributed by atoms with van der Waals surface area (Å²) in [6, 6.07) is 3.54. The zero-order chi connectivity index (χ0) is 18.2. The van der Waals surface area contributed by atoms with Crippen LogP contribution < -0.4 is 10.6 Å². The third kappa shape index (κ3) is 3.01. The summed E-state index contributed by atoms with van der Waals surface area (Å²) >= 11 is 0. The largest absolute Gasteiger partial charge is 0.465 e. The minimum absolute atomic E-state index is 0.0934. The van der Waals surface area contributed by atoms with Gasteiger partial charge in [0.15, 0.2) is 0 Å². The van der Waals surface area contributed by atoms with Crippen molar-refractivity contribution in [2.24, 2.45) is 5.14 Å². The molecule has 2 amide bonds. The standard InChI is InChI=1S/C14H15N3O6S/c1-7-8(2)13(19)17(12(7)18)16-9-4-5-10(14(20)23-3)11(6-9)24(15,21)22/h4-6,16H,1-3H3,(H2,15,21,22). The zero-order valence-electron chi connectivity index (χ0n) is 13.1. The number of nitrogens with two attached hydrogens (primary N) is 1. The number of esters is 1. The Labute approximate surface area is 138 Å². The van der Waals surface area contributed by atoms with Crippen molar-refractivity contribution in [2.75, 3.05) is 12.5 Å². The van der Waals surface area contributed by atoms with Gasteiger partial charge in [-0.2, -0.15) is 5.01 Å². The highest BCUT2D eigenvalue weighted by Crippen LogP contribution is 2.24. The van der Waals surface area contributed by atoms with E-state index in [1.165, 1.54) is 26.0 Å². The van der Waals surface area contributed by atoms with Crippen LogP contribution in [-0.4, -0.2) is 38.3 Å². The predicted molar refractivity (Wildman–Crippen MR) is 83.0 cm³/mol. The van der Waals surface area contributed by atoms with Gasteiger partial charge in [0.25, 0.3) is 11.8 Å². The highest BCUT2D eigenvalue weighted by atomic mass is 32.2. The van der Waals surface area contributed by atoms with Gasteiger partial charge in [-0.1, -0.05) is 0 Å². The number of anilines is 1. The van der Waals surface area contributed by atoms with Crippen molar-refractivity contribution in [3.63, 3.8) is 0 Å². The maximum atomic E-state index is 12.0. The van der Waals surface area contributed by atoms with Gasteiger partial charge in [0.1, 0.15) is 0 Å². The summed E-state index contributed by atoms with van der Waals surface area (Å²) in [6.45, 7) is 3.01. The first kappa shape index (κ1) is 17.6. The van der Waals surface area contributed by atoms with Crippen LogP contribution in [0.15, 0.2) is 34.2 Å². The Morgan fingerprint density at radius 3 is 2.17 bits per heavy atom. The molecule has 1 heterocycles. The molecule has 0 atom stereocenters. The van der Waals surface area contributed by atoms with Gasteiger partial charge in [0.2, 0.25) is 10.0 Å². The summed E-state index contributed by atoms with van der Waals surface area (Å²) in [5, 5.41) is 5.86. The lowest BCUT2D eigenvalue weighted by Gasteiger charge is -2.18. The Bertz CT molecular complexity index is 864. The molecule has 0 aromatic heterocycles. The maximum Gasteiger partial charge on any atom is 0.339 e.